The Kier molecular flexibility index (Phi) is 39.2. The molecule has 0 saturated carbocycles. The molecule has 0 aromatic carbocycles. The van der Waals surface area contributed by atoms with E-state index in [1.807, 2.05) is 0 Å². The van der Waals surface area contributed by atoms with Crippen LogP contribution in [0.1, 0.15) is 239 Å². The van der Waals surface area contributed by atoms with Gasteiger partial charge in [0.25, 0.3) is 0 Å². The van der Waals surface area contributed by atoms with Crippen molar-refractivity contribution in [3.05, 3.63) is 12.2 Å². The van der Waals surface area contributed by atoms with Gasteiger partial charge in [0, 0.05) is 0 Å². The van der Waals surface area contributed by atoms with Gasteiger partial charge in [-0.2, -0.15) is 0 Å². The summed E-state index contributed by atoms with van der Waals surface area (Å²) in [5.74, 6) is -0.697. The van der Waals surface area contributed by atoms with Gasteiger partial charge in [0.15, 0.2) is 6.29 Å². The molecule has 8 N–H and O–H groups in total. The van der Waals surface area contributed by atoms with E-state index in [4.69, 9.17) is 9.47 Å². The van der Waals surface area contributed by atoms with Gasteiger partial charge in [-0.15, -0.1) is 0 Å². The van der Waals surface area contributed by atoms with Crippen molar-refractivity contribution in [2.24, 2.45) is 0 Å². The molecule has 11 nitrogen and oxygen atoms in total. The number of nitrogens with one attached hydrogen (secondary N) is 1. The number of aliphatic hydroxyl groups is 7. The predicted octanol–water partition coefficient (Wildman–Crippen LogP) is 9.62. The molecule has 1 saturated heterocycles. The molecule has 368 valence electrons. The Morgan fingerprint density at radius 1 is 0.548 bits per heavy atom. The van der Waals surface area contributed by atoms with E-state index in [1.54, 1.807) is 0 Å². The lowest BCUT2D eigenvalue weighted by Crippen LogP contribution is -2.60. The molecule has 1 fully saturated rings. The van der Waals surface area contributed by atoms with Gasteiger partial charge in [0.2, 0.25) is 5.91 Å². The van der Waals surface area contributed by atoms with Gasteiger partial charge >= 0.3 is 0 Å². The number of amides is 1. The second kappa shape index (κ2) is 41.3. The maximum atomic E-state index is 13.1. The Balaban J connectivity index is 2.28. The van der Waals surface area contributed by atoms with Crippen LogP contribution in [0.25, 0.3) is 0 Å². The third kappa shape index (κ3) is 30.1. The fourth-order valence-electron chi connectivity index (χ4n) is 8.50. The summed E-state index contributed by atoms with van der Waals surface area (Å²) >= 11 is 0. The second-order valence-electron chi connectivity index (χ2n) is 18.6. The maximum Gasteiger partial charge on any atom is 0.249 e. The van der Waals surface area contributed by atoms with Crippen LogP contribution >= 0.6 is 0 Å². The van der Waals surface area contributed by atoms with Crippen LogP contribution < -0.4 is 5.32 Å². The van der Waals surface area contributed by atoms with Crippen molar-refractivity contribution in [2.75, 3.05) is 13.2 Å². The highest BCUT2D eigenvalue weighted by Crippen LogP contribution is 2.23. The third-order valence-electron chi connectivity index (χ3n) is 12.8. The van der Waals surface area contributed by atoms with Crippen LogP contribution in [0.3, 0.4) is 0 Å². The van der Waals surface area contributed by atoms with E-state index in [-0.39, 0.29) is 6.42 Å². The highest BCUT2D eigenvalue weighted by Gasteiger charge is 2.44. The van der Waals surface area contributed by atoms with E-state index in [9.17, 15) is 40.5 Å². The molecular weight excluding hydrogens is 787 g/mol. The number of aliphatic hydroxyl groups excluding tert-OH is 7. The van der Waals surface area contributed by atoms with E-state index in [2.05, 4.69) is 31.3 Å². The Hall–Kier alpha value is -1.15. The molecule has 9 unspecified atom stereocenters. The summed E-state index contributed by atoms with van der Waals surface area (Å²) in [7, 11) is 0. The minimum atomic E-state index is -1.66. The van der Waals surface area contributed by atoms with Crippen LogP contribution in [0.15, 0.2) is 12.2 Å². The number of ether oxygens (including phenoxy) is 2. The lowest BCUT2D eigenvalue weighted by atomic mass is 9.98. The molecule has 1 rings (SSSR count). The van der Waals surface area contributed by atoms with Crippen LogP contribution in [-0.2, 0) is 14.3 Å². The van der Waals surface area contributed by atoms with Crippen LogP contribution in [0, 0.1) is 0 Å². The van der Waals surface area contributed by atoms with Crippen molar-refractivity contribution < 1.29 is 50.0 Å². The van der Waals surface area contributed by atoms with Crippen molar-refractivity contribution in [1.29, 1.82) is 0 Å². The van der Waals surface area contributed by atoms with Gasteiger partial charge in [-0.05, 0) is 38.5 Å². The van der Waals surface area contributed by atoms with Gasteiger partial charge in [-0.3, -0.25) is 4.79 Å². The monoisotopic (exact) mass is 886 g/mol. The van der Waals surface area contributed by atoms with Gasteiger partial charge < -0.3 is 50.5 Å². The molecule has 11 heteroatoms. The Morgan fingerprint density at radius 2 is 0.935 bits per heavy atom. The standard InChI is InChI=1S/C51H99NO10/c1-3-5-7-9-11-13-15-16-17-18-19-20-21-22-23-24-25-26-27-28-29-31-33-35-37-39-44(55)50(60)52-42(41-61-51-49(59)48(58)47(57)45(40-53)62-51)46(56)43(54)38-36-34-32-30-14-12-10-8-6-4-2/h22-23,42-49,51,53-59H,3-21,24-41H2,1-2H3,(H,52,60)/b23-22-. The smallest absolute Gasteiger partial charge is 0.249 e. The second-order valence-corrected chi connectivity index (χ2v) is 18.6. The summed E-state index contributed by atoms with van der Waals surface area (Å²) in [5.41, 5.74) is 0. The van der Waals surface area contributed by atoms with Gasteiger partial charge in [-0.1, -0.05) is 212 Å². The Bertz CT molecular complexity index is 1020. The Morgan fingerprint density at radius 3 is 1.35 bits per heavy atom. The van der Waals surface area contributed by atoms with Crippen molar-refractivity contribution >= 4 is 5.91 Å². The molecule has 1 heterocycles. The fraction of sp³-hybridized carbons (Fsp3) is 0.941. The molecule has 0 bridgehead atoms. The van der Waals surface area contributed by atoms with E-state index in [1.165, 1.54) is 161 Å². The zero-order valence-electron chi connectivity index (χ0n) is 39.9. The molecule has 1 aliphatic rings. The minimum Gasteiger partial charge on any atom is -0.394 e. The van der Waals surface area contributed by atoms with Crippen molar-refractivity contribution in [3.63, 3.8) is 0 Å². The summed E-state index contributed by atoms with van der Waals surface area (Å²) in [6, 6.07) is -1.16. The quantitative estimate of drug-likeness (QED) is 0.0216. The lowest BCUT2D eigenvalue weighted by Gasteiger charge is -2.40. The zero-order chi connectivity index (χ0) is 45.5. The summed E-state index contributed by atoms with van der Waals surface area (Å²) in [6.07, 6.45) is 34.2. The van der Waals surface area contributed by atoms with E-state index in [0.29, 0.717) is 19.3 Å². The number of hydrogen-bond acceptors (Lipinski definition) is 10. The van der Waals surface area contributed by atoms with E-state index in [0.717, 1.165) is 38.5 Å². The first kappa shape index (κ1) is 58.9. The first-order valence-electron chi connectivity index (χ1n) is 26.1. The average molecular weight is 886 g/mol. The van der Waals surface area contributed by atoms with Crippen molar-refractivity contribution in [3.8, 4) is 0 Å². The highest BCUT2D eigenvalue weighted by molar-refractivity contribution is 5.80. The van der Waals surface area contributed by atoms with E-state index >= 15 is 0 Å². The molecule has 1 aliphatic heterocycles. The first-order chi connectivity index (χ1) is 30.2. The summed E-state index contributed by atoms with van der Waals surface area (Å²) in [5, 5.41) is 75.7. The maximum absolute atomic E-state index is 13.1. The topological polar surface area (TPSA) is 189 Å². The van der Waals surface area contributed by atoms with Gasteiger partial charge in [0.1, 0.15) is 36.6 Å². The number of carbonyl (C=O) groups excluding carboxylic acids is 1. The summed E-state index contributed by atoms with van der Waals surface area (Å²) < 4.78 is 11.1. The lowest BCUT2D eigenvalue weighted by molar-refractivity contribution is -0.303. The fourth-order valence-corrected chi connectivity index (χ4v) is 8.50. The van der Waals surface area contributed by atoms with Crippen LogP contribution in [0.2, 0.25) is 0 Å². The summed E-state index contributed by atoms with van der Waals surface area (Å²) in [4.78, 5) is 13.1. The van der Waals surface area contributed by atoms with Crippen molar-refractivity contribution in [2.45, 2.75) is 294 Å². The number of hydrogen-bond donors (Lipinski definition) is 8. The largest absolute Gasteiger partial charge is 0.394 e. The first-order valence-corrected chi connectivity index (χ1v) is 26.1. The molecule has 0 aromatic heterocycles. The van der Waals surface area contributed by atoms with Gasteiger partial charge in [0.05, 0.1) is 25.4 Å². The molecule has 0 aromatic rings. The number of unbranched alkanes of at least 4 members (excludes halogenated alkanes) is 30. The van der Waals surface area contributed by atoms with E-state index < -0.39 is 74.2 Å². The molecule has 0 radical (unpaired) electrons. The molecule has 0 aliphatic carbocycles. The Labute approximate surface area is 379 Å². The minimum absolute atomic E-state index is 0.260. The highest BCUT2D eigenvalue weighted by atomic mass is 16.7. The molecule has 9 atom stereocenters. The van der Waals surface area contributed by atoms with Crippen LogP contribution in [-0.4, -0.2) is 110 Å². The third-order valence-corrected chi connectivity index (χ3v) is 12.8. The molecule has 0 spiro atoms. The average Bonchev–Trinajstić information content (AvgIpc) is 3.27. The number of allylic oxidation sites excluding steroid dienone is 2. The van der Waals surface area contributed by atoms with Crippen molar-refractivity contribution in [1.82, 2.24) is 5.32 Å². The van der Waals surface area contributed by atoms with Crippen LogP contribution in [0.5, 0.6) is 0 Å². The zero-order valence-corrected chi connectivity index (χ0v) is 39.9. The van der Waals surface area contributed by atoms with Gasteiger partial charge in [-0.25, -0.2) is 0 Å². The SMILES string of the molecule is CCCCCCCCCCCCCC/C=C\CCCCCCCCCCCC(O)C(=O)NC(COC1OC(CO)C(O)C(O)C1O)C(O)C(O)CCCCCCCCCCCC. The predicted molar refractivity (Wildman–Crippen MR) is 252 cm³/mol. The normalized spacial score (nSPS) is 21.3. The molecule has 62 heavy (non-hydrogen) atoms. The van der Waals surface area contributed by atoms with Crippen LogP contribution in [0.4, 0.5) is 0 Å². The molecule has 1 amide bonds. The summed E-state index contributed by atoms with van der Waals surface area (Å²) in [6.45, 7) is 3.44. The molecular formula is C51H99NO10. The number of carbonyl (C=O) groups is 1. The number of rotatable bonds is 44.